The molecule has 0 bridgehead atoms. The van der Waals surface area contributed by atoms with Gasteiger partial charge in [0.25, 0.3) is 5.91 Å². The van der Waals surface area contributed by atoms with Crippen LogP contribution in [-0.4, -0.2) is 30.5 Å². The number of ether oxygens (including phenoxy) is 1. The lowest BCUT2D eigenvalue weighted by Crippen LogP contribution is -2.24. The predicted molar refractivity (Wildman–Crippen MR) is 89.4 cm³/mol. The Labute approximate surface area is 141 Å². The molecule has 2 aromatic rings. The highest BCUT2D eigenvalue weighted by atomic mass is 16.5. The fourth-order valence-electron chi connectivity index (χ4n) is 2.30. The lowest BCUT2D eigenvalue weighted by atomic mass is 10.1. The summed E-state index contributed by atoms with van der Waals surface area (Å²) in [5.41, 5.74) is 1.50. The first-order valence-electron chi connectivity index (χ1n) is 8.04. The zero-order valence-corrected chi connectivity index (χ0v) is 13.8. The van der Waals surface area contributed by atoms with Gasteiger partial charge in [0.05, 0.1) is 13.3 Å². The number of nitrogens with one attached hydrogen (secondary N) is 1. The van der Waals surface area contributed by atoms with E-state index in [1.165, 1.54) is 13.5 Å². The quantitative estimate of drug-likeness (QED) is 0.564. The maximum atomic E-state index is 12.1. The third-order valence-corrected chi connectivity index (χ3v) is 3.68. The van der Waals surface area contributed by atoms with E-state index in [0.717, 1.165) is 31.2 Å². The van der Waals surface area contributed by atoms with Crippen molar-refractivity contribution in [3.63, 3.8) is 0 Å². The summed E-state index contributed by atoms with van der Waals surface area (Å²) in [5.74, 6) is 0.416. The smallest absolute Gasteiger partial charge is 0.305 e. The van der Waals surface area contributed by atoms with Crippen molar-refractivity contribution in [1.29, 1.82) is 0 Å². The number of nitrogens with zero attached hydrogens (tertiary/aromatic N) is 1. The molecule has 0 fully saturated rings. The molecule has 1 amide bonds. The summed E-state index contributed by atoms with van der Waals surface area (Å²) < 4.78 is 9.80. The van der Waals surface area contributed by atoms with Gasteiger partial charge in [-0.1, -0.05) is 25.0 Å². The van der Waals surface area contributed by atoms with Crippen LogP contribution in [0.15, 0.2) is 41.3 Å². The molecule has 1 aromatic carbocycles. The Morgan fingerprint density at radius 1 is 1.12 bits per heavy atom. The van der Waals surface area contributed by atoms with Crippen LogP contribution < -0.4 is 5.32 Å². The highest BCUT2D eigenvalue weighted by Crippen LogP contribution is 2.18. The lowest BCUT2D eigenvalue weighted by molar-refractivity contribution is -0.140. The number of aromatic nitrogens is 1. The fraction of sp³-hybridized carbons (Fsp3) is 0.389. The van der Waals surface area contributed by atoms with Crippen LogP contribution in [0.3, 0.4) is 0 Å². The molecule has 0 radical (unpaired) electrons. The van der Waals surface area contributed by atoms with Gasteiger partial charge >= 0.3 is 5.97 Å². The average molecular weight is 330 g/mol. The van der Waals surface area contributed by atoms with Gasteiger partial charge in [-0.3, -0.25) is 9.59 Å². The first-order valence-corrected chi connectivity index (χ1v) is 8.04. The Bertz CT molecular complexity index is 636. The maximum absolute atomic E-state index is 12.1. The summed E-state index contributed by atoms with van der Waals surface area (Å²) in [4.78, 5) is 26.9. The average Bonchev–Trinajstić information content (AvgIpc) is 3.15. The Morgan fingerprint density at radius 2 is 1.88 bits per heavy atom. The molecule has 128 valence electrons. The van der Waals surface area contributed by atoms with Crippen LogP contribution in [0, 0.1) is 0 Å². The second-order valence-corrected chi connectivity index (χ2v) is 5.44. The minimum Gasteiger partial charge on any atom is -0.469 e. The molecule has 0 atom stereocenters. The molecule has 6 nitrogen and oxygen atoms in total. The van der Waals surface area contributed by atoms with Crippen molar-refractivity contribution in [2.45, 2.75) is 32.1 Å². The molecule has 1 N–H and O–H groups in total. The Kier molecular flexibility index (Phi) is 7.01. The van der Waals surface area contributed by atoms with E-state index < -0.39 is 0 Å². The number of amides is 1. The summed E-state index contributed by atoms with van der Waals surface area (Å²) in [6, 6.07) is 7.21. The van der Waals surface area contributed by atoms with Crippen molar-refractivity contribution in [1.82, 2.24) is 10.3 Å². The van der Waals surface area contributed by atoms with Crippen LogP contribution >= 0.6 is 0 Å². The van der Waals surface area contributed by atoms with Crippen LogP contribution in [0.4, 0.5) is 0 Å². The molecule has 24 heavy (non-hydrogen) atoms. The SMILES string of the molecule is COC(=O)CCCCCCNC(=O)c1ccc(-c2cnco2)cc1. The topological polar surface area (TPSA) is 81.4 Å². The van der Waals surface area contributed by atoms with Crippen molar-refractivity contribution in [2.24, 2.45) is 0 Å². The summed E-state index contributed by atoms with van der Waals surface area (Å²) in [5, 5.41) is 2.90. The number of carbonyl (C=O) groups excluding carboxylic acids is 2. The van der Waals surface area contributed by atoms with Crippen LogP contribution in [0.5, 0.6) is 0 Å². The number of benzene rings is 1. The third-order valence-electron chi connectivity index (χ3n) is 3.68. The van der Waals surface area contributed by atoms with Gasteiger partial charge < -0.3 is 14.5 Å². The number of hydrogen-bond donors (Lipinski definition) is 1. The van der Waals surface area contributed by atoms with E-state index in [1.54, 1.807) is 18.3 Å². The van der Waals surface area contributed by atoms with Crippen molar-refractivity contribution in [2.75, 3.05) is 13.7 Å². The van der Waals surface area contributed by atoms with Crippen molar-refractivity contribution in [3.8, 4) is 11.3 Å². The number of methoxy groups -OCH3 is 1. The second-order valence-electron chi connectivity index (χ2n) is 5.44. The van der Waals surface area contributed by atoms with E-state index in [0.29, 0.717) is 24.3 Å². The van der Waals surface area contributed by atoms with E-state index in [4.69, 9.17) is 4.42 Å². The molecule has 0 saturated carbocycles. The van der Waals surface area contributed by atoms with Gasteiger partial charge in [-0.05, 0) is 25.0 Å². The van der Waals surface area contributed by atoms with E-state index >= 15 is 0 Å². The normalized spacial score (nSPS) is 10.4. The number of rotatable bonds is 9. The molecule has 1 heterocycles. The van der Waals surface area contributed by atoms with Gasteiger partial charge in [-0.25, -0.2) is 4.98 Å². The Balaban J connectivity index is 1.65. The zero-order chi connectivity index (χ0) is 17.2. The Morgan fingerprint density at radius 3 is 2.54 bits per heavy atom. The largest absolute Gasteiger partial charge is 0.469 e. The van der Waals surface area contributed by atoms with E-state index in [2.05, 4.69) is 15.0 Å². The highest BCUT2D eigenvalue weighted by Gasteiger charge is 2.07. The summed E-state index contributed by atoms with van der Waals surface area (Å²) in [7, 11) is 1.40. The first-order chi connectivity index (χ1) is 11.7. The molecule has 0 aliphatic heterocycles. The molecule has 0 unspecified atom stereocenters. The summed E-state index contributed by atoms with van der Waals surface area (Å²) in [6.45, 7) is 0.626. The minimum absolute atomic E-state index is 0.0892. The van der Waals surface area contributed by atoms with Crippen LogP contribution in [0.25, 0.3) is 11.3 Å². The monoisotopic (exact) mass is 330 g/mol. The Hall–Kier alpha value is -2.63. The number of carbonyl (C=O) groups is 2. The number of hydrogen-bond acceptors (Lipinski definition) is 5. The molecular formula is C18H22N2O4. The van der Waals surface area contributed by atoms with Crippen LogP contribution in [0.2, 0.25) is 0 Å². The summed E-state index contributed by atoms with van der Waals surface area (Å²) in [6.07, 6.45) is 7.11. The molecule has 0 spiro atoms. The zero-order valence-electron chi connectivity index (χ0n) is 13.8. The highest BCUT2D eigenvalue weighted by molar-refractivity contribution is 5.94. The molecule has 0 aliphatic rings. The fourth-order valence-corrected chi connectivity index (χ4v) is 2.30. The van der Waals surface area contributed by atoms with E-state index in [9.17, 15) is 9.59 Å². The van der Waals surface area contributed by atoms with Crippen LogP contribution in [-0.2, 0) is 9.53 Å². The second kappa shape index (κ2) is 9.50. The van der Waals surface area contributed by atoms with Gasteiger partial charge in [-0.15, -0.1) is 0 Å². The lowest BCUT2D eigenvalue weighted by Gasteiger charge is -2.06. The van der Waals surface area contributed by atoms with E-state index in [-0.39, 0.29) is 11.9 Å². The van der Waals surface area contributed by atoms with Crippen molar-refractivity contribution < 1.29 is 18.7 Å². The maximum Gasteiger partial charge on any atom is 0.305 e. The number of unbranched alkanes of at least 4 members (excludes halogenated alkanes) is 3. The molecule has 6 heteroatoms. The van der Waals surface area contributed by atoms with Crippen molar-refractivity contribution in [3.05, 3.63) is 42.4 Å². The van der Waals surface area contributed by atoms with E-state index in [1.807, 2.05) is 12.1 Å². The van der Waals surface area contributed by atoms with Gasteiger partial charge in [0.2, 0.25) is 0 Å². The first kappa shape index (κ1) is 17.7. The van der Waals surface area contributed by atoms with Gasteiger partial charge in [-0.2, -0.15) is 0 Å². The third kappa shape index (κ3) is 5.53. The molecular weight excluding hydrogens is 308 g/mol. The minimum atomic E-state index is -0.169. The molecule has 2 rings (SSSR count). The van der Waals surface area contributed by atoms with Crippen molar-refractivity contribution >= 4 is 11.9 Å². The molecule has 1 aromatic heterocycles. The molecule has 0 aliphatic carbocycles. The number of oxazole rings is 1. The van der Waals surface area contributed by atoms with Gasteiger partial charge in [0.1, 0.15) is 0 Å². The molecule has 0 saturated heterocycles. The standard InChI is InChI=1S/C18H22N2O4/c1-23-17(21)6-4-2-3-5-11-20-18(22)15-9-7-14(8-10-15)16-12-19-13-24-16/h7-10,12-13H,2-6,11H2,1H3,(H,20,22). The number of esters is 1. The van der Waals surface area contributed by atoms with Gasteiger partial charge in [0.15, 0.2) is 12.2 Å². The van der Waals surface area contributed by atoms with Crippen LogP contribution in [0.1, 0.15) is 42.5 Å². The van der Waals surface area contributed by atoms with Gasteiger partial charge in [0, 0.05) is 24.1 Å². The predicted octanol–water partition coefficient (Wildman–Crippen LogP) is 3.19. The summed E-state index contributed by atoms with van der Waals surface area (Å²) >= 11 is 0.